The van der Waals surface area contributed by atoms with Crippen LogP contribution in [0.2, 0.25) is 0 Å². The Bertz CT molecular complexity index is 8420. The summed E-state index contributed by atoms with van der Waals surface area (Å²) < 4.78 is 4.84. The molecule has 4 aromatic heterocycles. The van der Waals surface area contributed by atoms with Crippen molar-refractivity contribution in [3.8, 4) is 90.8 Å². The highest BCUT2D eigenvalue weighted by Crippen LogP contribution is 2.47. The van der Waals surface area contributed by atoms with E-state index in [2.05, 4.69) is 395 Å². The molecule has 0 aliphatic carbocycles. The summed E-state index contributed by atoms with van der Waals surface area (Å²) in [6.45, 7) is 0. The van der Waals surface area contributed by atoms with Crippen molar-refractivity contribution in [2.45, 2.75) is 0 Å². The van der Waals surface area contributed by atoms with E-state index in [1.807, 2.05) is 97.1 Å². The molecule has 0 saturated heterocycles. The molecule has 25 rings (SSSR count). The maximum absolute atomic E-state index is 5.11. The summed E-state index contributed by atoms with van der Waals surface area (Å²) in [5.74, 6) is 3.86. The van der Waals surface area contributed by atoms with Crippen molar-refractivity contribution in [2.24, 2.45) is 0 Å². The monoisotopic (exact) mass is 1660 g/mol. The molecule has 130 heavy (non-hydrogen) atoms. The van der Waals surface area contributed by atoms with Crippen LogP contribution in [0.1, 0.15) is 0 Å². The van der Waals surface area contributed by atoms with Crippen LogP contribution in [0.3, 0.4) is 0 Å². The van der Waals surface area contributed by atoms with Gasteiger partial charge in [0.1, 0.15) is 0 Å². The van der Waals surface area contributed by atoms with Gasteiger partial charge in [-0.3, -0.25) is 0 Å². The van der Waals surface area contributed by atoms with Gasteiger partial charge < -0.3 is 18.9 Å². The molecule has 0 saturated carbocycles. The number of fused-ring (bicyclic) bond motifs is 18. The standard InChI is InChI=1S/C63H41N5.C57H37N5/c1-5-17-43(18-6-1)61-64-62(44-19-7-2-8-20-44)66-63(65-61)46-31-36-53-51-25-13-14-26-52(51)54-37-35-50(41-57(54)56(53)40-46)68-59-28-16-15-27-55(59)58-39-45(32-38-60(58)68)42-29-33-49(34-30-42)67(47-21-9-3-10-22-47)48-23-11-4-12-24-48;1-5-17-38(18-6-1)55-58-56(39-19-7-2-8-20-39)60-57(59-55)40-29-32-47-48-33-30-44(36-51(48)46-26-14-13-25-45(46)50(47)35-40)62-53-28-16-15-27-49(53)52-37-43(31-34-54(52)62)61(41-21-9-3-10-22-41)42-23-11-4-12-24-42/h1-41H;1-37H. The van der Waals surface area contributed by atoms with Crippen molar-refractivity contribution in [2.75, 3.05) is 9.80 Å². The molecule has 25 aromatic rings. The molecule has 0 atom stereocenters. The van der Waals surface area contributed by atoms with E-state index >= 15 is 0 Å². The Morgan fingerprint density at radius 1 is 0.131 bits per heavy atom. The molecule has 0 bridgehead atoms. The third-order valence-electron chi connectivity index (χ3n) is 25.2. The average Bonchev–Trinajstić information content (AvgIpc) is 1.49. The van der Waals surface area contributed by atoms with E-state index in [9.17, 15) is 0 Å². The van der Waals surface area contributed by atoms with Crippen LogP contribution in [-0.2, 0) is 0 Å². The maximum atomic E-state index is 5.11. The molecule has 10 heteroatoms. The Labute approximate surface area is 750 Å². The first-order chi connectivity index (χ1) is 64.5. The zero-order valence-electron chi connectivity index (χ0n) is 70.5. The van der Waals surface area contributed by atoms with Crippen LogP contribution in [0, 0.1) is 0 Å². The van der Waals surface area contributed by atoms with Gasteiger partial charge in [0, 0.05) is 100 Å². The SMILES string of the molecule is c1ccc(-c2nc(-c3ccccc3)nc(-c3ccc4c5ccc(-n6c7ccccc7c7cc(N(c8ccccc8)c8ccccc8)ccc76)cc5c5ccccc5c4c3)n2)cc1.c1ccc(-c2nc(-c3ccccc3)nc(-c3ccc4c5ccccc5c5ccc(-n6c7ccccc7c7cc(-c8ccc(N(c9ccccc9)c9ccccc9)cc8)ccc76)cc5c4c3)n2)cc1. The smallest absolute Gasteiger partial charge is 0.164 e. The number of benzene rings is 21. The Balaban J connectivity index is 0.000000145. The van der Waals surface area contributed by atoms with E-state index in [-0.39, 0.29) is 0 Å². The molecule has 21 aromatic carbocycles. The summed E-state index contributed by atoms with van der Waals surface area (Å²) in [5, 5.41) is 19.1. The summed E-state index contributed by atoms with van der Waals surface area (Å²) in [6.07, 6.45) is 0. The number of hydrogen-bond donors (Lipinski definition) is 0. The number of hydrogen-bond acceptors (Lipinski definition) is 8. The lowest BCUT2D eigenvalue weighted by atomic mass is 9.93. The maximum Gasteiger partial charge on any atom is 0.164 e. The van der Waals surface area contributed by atoms with Crippen molar-refractivity contribution in [1.29, 1.82) is 0 Å². The fraction of sp³-hybridized carbons (Fsp3) is 0. The number of rotatable bonds is 15. The molecule has 608 valence electrons. The highest BCUT2D eigenvalue weighted by atomic mass is 15.2. The molecule has 10 nitrogen and oxygen atoms in total. The van der Waals surface area contributed by atoms with Gasteiger partial charge in [-0.25, -0.2) is 29.9 Å². The second kappa shape index (κ2) is 32.5. The predicted octanol–water partition coefficient (Wildman–Crippen LogP) is 31.5. The summed E-state index contributed by atoms with van der Waals surface area (Å²) >= 11 is 0. The molecule has 0 unspecified atom stereocenters. The molecular formula is C120H78N10. The quantitative estimate of drug-likeness (QED) is 0.0937. The van der Waals surface area contributed by atoms with Gasteiger partial charge in [0.25, 0.3) is 0 Å². The van der Waals surface area contributed by atoms with Gasteiger partial charge >= 0.3 is 0 Å². The minimum Gasteiger partial charge on any atom is -0.311 e. The van der Waals surface area contributed by atoms with E-state index in [0.717, 1.165) is 106 Å². The molecule has 0 aliphatic rings. The number of para-hydroxylation sites is 6. The molecule has 0 spiro atoms. The first kappa shape index (κ1) is 76.1. The third-order valence-corrected chi connectivity index (χ3v) is 25.2. The fourth-order valence-corrected chi connectivity index (χ4v) is 19.1. The Hall–Kier alpha value is -17.6. The normalized spacial score (nSPS) is 11.5. The second-order valence-electron chi connectivity index (χ2n) is 32.8. The molecule has 0 amide bonds. The van der Waals surface area contributed by atoms with Crippen molar-refractivity contribution in [3.63, 3.8) is 0 Å². The van der Waals surface area contributed by atoms with E-state index in [1.54, 1.807) is 0 Å². The summed E-state index contributed by atoms with van der Waals surface area (Å²) in [4.78, 5) is 34.9. The zero-order valence-corrected chi connectivity index (χ0v) is 70.5. The number of aromatic nitrogens is 8. The minimum atomic E-state index is 0.634. The van der Waals surface area contributed by atoms with E-state index in [4.69, 9.17) is 29.9 Å². The van der Waals surface area contributed by atoms with Crippen LogP contribution in [0.25, 0.3) is 199 Å². The minimum absolute atomic E-state index is 0.634. The van der Waals surface area contributed by atoms with Crippen LogP contribution < -0.4 is 9.80 Å². The number of anilines is 6. The van der Waals surface area contributed by atoms with Gasteiger partial charge in [-0.1, -0.05) is 334 Å². The van der Waals surface area contributed by atoms with Gasteiger partial charge in [-0.15, -0.1) is 0 Å². The molecule has 0 fully saturated rings. The van der Waals surface area contributed by atoms with Gasteiger partial charge in [0.05, 0.1) is 22.1 Å². The molecule has 0 radical (unpaired) electrons. The van der Waals surface area contributed by atoms with Crippen LogP contribution >= 0.6 is 0 Å². The first-order valence-electron chi connectivity index (χ1n) is 44.0. The van der Waals surface area contributed by atoms with E-state index < -0.39 is 0 Å². The molecule has 4 heterocycles. The van der Waals surface area contributed by atoms with Gasteiger partial charge in [-0.05, 0) is 215 Å². The lowest BCUT2D eigenvalue weighted by Crippen LogP contribution is -2.09. The van der Waals surface area contributed by atoms with Crippen LogP contribution in [0.15, 0.2) is 473 Å². The van der Waals surface area contributed by atoms with Crippen molar-refractivity contribution < 1.29 is 0 Å². The highest BCUT2D eigenvalue weighted by Gasteiger charge is 2.24. The van der Waals surface area contributed by atoms with Crippen molar-refractivity contribution >= 4 is 142 Å². The Morgan fingerprint density at radius 3 is 0.746 bits per heavy atom. The van der Waals surface area contributed by atoms with Gasteiger partial charge in [0.15, 0.2) is 34.9 Å². The third kappa shape index (κ3) is 13.7. The first-order valence-corrected chi connectivity index (χ1v) is 44.0. The second-order valence-corrected chi connectivity index (χ2v) is 32.8. The van der Waals surface area contributed by atoms with Gasteiger partial charge in [-0.2, -0.15) is 0 Å². The topological polar surface area (TPSA) is 93.7 Å². The van der Waals surface area contributed by atoms with Crippen molar-refractivity contribution in [1.82, 2.24) is 39.0 Å². The lowest BCUT2D eigenvalue weighted by molar-refractivity contribution is 1.07. The van der Waals surface area contributed by atoms with Gasteiger partial charge in [0.2, 0.25) is 0 Å². The van der Waals surface area contributed by atoms with Crippen molar-refractivity contribution in [3.05, 3.63) is 473 Å². The zero-order chi connectivity index (χ0) is 86.0. The molecule has 0 N–H and O–H groups in total. The average molecular weight is 1660 g/mol. The number of nitrogens with zero attached hydrogens (tertiary/aromatic N) is 10. The Kier molecular flexibility index (Phi) is 19.0. The van der Waals surface area contributed by atoms with Crippen LogP contribution in [0.5, 0.6) is 0 Å². The van der Waals surface area contributed by atoms with Crippen LogP contribution in [0.4, 0.5) is 34.1 Å². The van der Waals surface area contributed by atoms with E-state index in [0.29, 0.717) is 34.9 Å². The summed E-state index contributed by atoms with van der Waals surface area (Å²) in [7, 11) is 0. The summed E-state index contributed by atoms with van der Waals surface area (Å²) in [5.41, 5.74) is 21.5. The largest absolute Gasteiger partial charge is 0.311 e. The highest BCUT2D eigenvalue weighted by molar-refractivity contribution is 6.28. The fourth-order valence-electron chi connectivity index (χ4n) is 19.1. The predicted molar refractivity (Wildman–Crippen MR) is 541 cm³/mol. The lowest BCUT2D eigenvalue weighted by Gasteiger charge is -2.25. The van der Waals surface area contributed by atoms with Crippen LogP contribution in [-0.4, -0.2) is 39.0 Å². The summed E-state index contributed by atoms with van der Waals surface area (Å²) in [6, 6.07) is 168. The van der Waals surface area contributed by atoms with E-state index in [1.165, 1.54) is 92.1 Å². The molecule has 0 aliphatic heterocycles. The molecular weight excluding hydrogens is 1580 g/mol. The Morgan fingerprint density at radius 2 is 0.362 bits per heavy atom.